The van der Waals surface area contributed by atoms with E-state index in [2.05, 4.69) is 30.9 Å². The van der Waals surface area contributed by atoms with Gasteiger partial charge in [0.1, 0.15) is 0 Å². The van der Waals surface area contributed by atoms with Gasteiger partial charge in [-0.15, -0.1) is 0 Å². The topological polar surface area (TPSA) is 23.5 Å². The molecule has 2 heteroatoms. The summed E-state index contributed by atoms with van der Waals surface area (Å²) in [6.07, 6.45) is -0.387. The van der Waals surface area contributed by atoms with Crippen molar-refractivity contribution in [2.75, 3.05) is 18.0 Å². The molecule has 0 aliphatic carbocycles. The van der Waals surface area contributed by atoms with E-state index in [0.717, 1.165) is 30.5 Å². The van der Waals surface area contributed by atoms with Crippen LogP contribution in [0.2, 0.25) is 0 Å². The fraction of sp³-hybridized carbons (Fsp3) is 0.571. The number of rotatable bonds is 2. The summed E-state index contributed by atoms with van der Waals surface area (Å²) >= 11 is 0. The van der Waals surface area contributed by atoms with Gasteiger partial charge in [0, 0.05) is 24.3 Å². The highest BCUT2D eigenvalue weighted by Gasteiger charge is 2.27. The second kappa shape index (κ2) is 4.46. The summed E-state index contributed by atoms with van der Waals surface area (Å²) < 4.78 is 0. The van der Waals surface area contributed by atoms with E-state index in [1.807, 2.05) is 19.1 Å². The predicted molar refractivity (Wildman–Crippen MR) is 67.6 cm³/mol. The van der Waals surface area contributed by atoms with E-state index in [4.69, 9.17) is 0 Å². The number of aliphatic hydroxyl groups excluding tert-OH is 1. The zero-order valence-corrected chi connectivity index (χ0v) is 10.4. The largest absolute Gasteiger partial charge is 0.389 e. The minimum atomic E-state index is -0.387. The second-order valence-electron chi connectivity index (χ2n) is 5.09. The van der Waals surface area contributed by atoms with Crippen LogP contribution >= 0.6 is 0 Å². The van der Waals surface area contributed by atoms with Crippen molar-refractivity contribution in [1.29, 1.82) is 0 Å². The van der Waals surface area contributed by atoms with Crippen molar-refractivity contribution in [3.8, 4) is 0 Å². The molecule has 2 unspecified atom stereocenters. The highest BCUT2D eigenvalue weighted by Crippen LogP contribution is 2.32. The van der Waals surface area contributed by atoms with Crippen molar-refractivity contribution < 1.29 is 5.11 Å². The number of hydrogen-bond acceptors (Lipinski definition) is 2. The van der Waals surface area contributed by atoms with Crippen LogP contribution in [-0.4, -0.2) is 18.2 Å². The van der Waals surface area contributed by atoms with Crippen molar-refractivity contribution in [1.82, 2.24) is 0 Å². The third-order valence-corrected chi connectivity index (χ3v) is 3.72. The Bertz CT molecular complexity index is 352. The first-order valence-electron chi connectivity index (χ1n) is 6.11. The Balaban J connectivity index is 2.27. The van der Waals surface area contributed by atoms with E-state index in [0.29, 0.717) is 0 Å². The van der Waals surface area contributed by atoms with E-state index in [1.54, 1.807) is 0 Å². The van der Waals surface area contributed by atoms with Crippen LogP contribution in [0.4, 0.5) is 5.69 Å². The summed E-state index contributed by atoms with van der Waals surface area (Å²) in [7, 11) is 0. The van der Waals surface area contributed by atoms with Crippen LogP contribution in [-0.2, 0) is 0 Å². The quantitative estimate of drug-likeness (QED) is 0.826. The molecule has 0 bridgehead atoms. The average molecular weight is 219 g/mol. The number of nitrogens with zero attached hydrogens (tertiary/aromatic N) is 1. The molecule has 1 aliphatic heterocycles. The summed E-state index contributed by atoms with van der Waals surface area (Å²) in [5.74, 6) is 1.48. The van der Waals surface area contributed by atoms with E-state index in [9.17, 15) is 5.11 Å². The molecule has 0 aromatic heterocycles. The van der Waals surface area contributed by atoms with Crippen LogP contribution in [0.25, 0.3) is 0 Å². The zero-order valence-electron chi connectivity index (χ0n) is 10.4. The fourth-order valence-electron chi connectivity index (χ4n) is 2.46. The fourth-order valence-corrected chi connectivity index (χ4v) is 2.46. The number of para-hydroxylation sites is 1. The third-order valence-electron chi connectivity index (χ3n) is 3.72. The van der Waals surface area contributed by atoms with E-state index in [-0.39, 0.29) is 6.10 Å². The lowest BCUT2D eigenvalue weighted by molar-refractivity contribution is 0.199. The molecule has 0 radical (unpaired) electrons. The molecule has 0 amide bonds. The summed E-state index contributed by atoms with van der Waals surface area (Å²) in [6, 6.07) is 8.18. The molecule has 16 heavy (non-hydrogen) atoms. The third kappa shape index (κ3) is 2.07. The first-order chi connectivity index (χ1) is 7.59. The molecule has 1 N–H and O–H groups in total. The van der Waals surface area contributed by atoms with Gasteiger partial charge in [-0.1, -0.05) is 32.0 Å². The van der Waals surface area contributed by atoms with Gasteiger partial charge in [0.15, 0.2) is 0 Å². The van der Waals surface area contributed by atoms with Crippen molar-refractivity contribution in [2.24, 2.45) is 11.8 Å². The Hall–Kier alpha value is -1.02. The maximum Gasteiger partial charge on any atom is 0.0781 e. The lowest BCUT2D eigenvalue weighted by Gasteiger charge is -2.23. The van der Waals surface area contributed by atoms with Crippen molar-refractivity contribution in [3.63, 3.8) is 0 Å². The van der Waals surface area contributed by atoms with Gasteiger partial charge >= 0.3 is 0 Å². The highest BCUT2D eigenvalue weighted by molar-refractivity contribution is 5.55. The van der Waals surface area contributed by atoms with Crippen LogP contribution in [0.3, 0.4) is 0 Å². The number of hydrogen-bond donors (Lipinski definition) is 1. The number of aliphatic hydroxyl groups is 1. The van der Waals surface area contributed by atoms with Gasteiger partial charge in [0.2, 0.25) is 0 Å². The standard InChI is InChI=1S/C14H21NO/c1-10-8-15(9-11(10)2)14-7-5-4-6-13(14)12(3)16/h4-7,10-12,16H,8-9H2,1-3H3/t10?,11?,12-/m0/s1. The van der Waals surface area contributed by atoms with Gasteiger partial charge in [-0.3, -0.25) is 0 Å². The Morgan fingerprint density at radius 1 is 1.19 bits per heavy atom. The summed E-state index contributed by atoms with van der Waals surface area (Å²) in [5, 5.41) is 9.77. The molecular weight excluding hydrogens is 198 g/mol. The number of anilines is 1. The number of benzene rings is 1. The Morgan fingerprint density at radius 3 is 2.31 bits per heavy atom. The molecule has 2 rings (SSSR count). The normalized spacial score (nSPS) is 27.1. The maximum absolute atomic E-state index is 9.77. The smallest absolute Gasteiger partial charge is 0.0781 e. The molecule has 1 aliphatic rings. The first kappa shape index (κ1) is 11.5. The minimum Gasteiger partial charge on any atom is -0.389 e. The Kier molecular flexibility index (Phi) is 3.20. The van der Waals surface area contributed by atoms with Crippen molar-refractivity contribution in [3.05, 3.63) is 29.8 Å². The van der Waals surface area contributed by atoms with Gasteiger partial charge in [-0.25, -0.2) is 0 Å². The summed E-state index contributed by atoms with van der Waals surface area (Å²) in [4.78, 5) is 2.40. The van der Waals surface area contributed by atoms with E-state index in [1.165, 1.54) is 5.69 Å². The Morgan fingerprint density at radius 2 is 1.75 bits per heavy atom. The van der Waals surface area contributed by atoms with Crippen LogP contribution < -0.4 is 4.90 Å². The molecule has 0 saturated carbocycles. The monoisotopic (exact) mass is 219 g/mol. The highest BCUT2D eigenvalue weighted by atomic mass is 16.3. The molecule has 3 atom stereocenters. The zero-order chi connectivity index (χ0) is 11.7. The Labute approximate surface area is 97.9 Å². The summed E-state index contributed by atoms with van der Waals surface area (Å²) in [5.41, 5.74) is 2.25. The van der Waals surface area contributed by atoms with Crippen LogP contribution in [0, 0.1) is 11.8 Å². The maximum atomic E-state index is 9.77. The van der Waals surface area contributed by atoms with Gasteiger partial charge < -0.3 is 10.0 Å². The molecule has 2 nitrogen and oxygen atoms in total. The first-order valence-corrected chi connectivity index (χ1v) is 6.11. The van der Waals surface area contributed by atoms with Crippen LogP contribution in [0.15, 0.2) is 24.3 Å². The second-order valence-corrected chi connectivity index (χ2v) is 5.09. The van der Waals surface area contributed by atoms with Crippen LogP contribution in [0.1, 0.15) is 32.4 Å². The molecular formula is C14H21NO. The van der Waals surface area contributed by atoms with Crippen molar-refractivity contribution >= 4 is 5.69 Å². The molecule has 1 saturated heterocycles. The minimum absolute atomic E-state index is 0.387. The van der Waals surface area contributed by atoms with Gasteiger partial charge in [0.05, 0.1) is 6.10 Å². The SMILES string of the molecule is CC1CN(c2ccccc2[C@H](C)O)CC1C. The van der Waals surface area contributed by atoms with E-state index < -0.39 is 0 Å². The van der Waals surface area contributed by atoms with E-state index >= 15 is 0 Å². The van der Waals surface area contributed by atoms with Crippen LogP contribution in [0.5, 0.6) is 0 Å². The van der Waals surface area contributed by atoms with Gasteiger partial charge in [0.25, 0.3) is 0 Å². The molecule has 1 aromatic carbocycles. The predicted octanol–water partition coefficient (Wildman–Crippen LogP) is 2.83. The summed E-state index contributed by atoms with van der Waals surface area (Å²) in [6.45, 7) is 8.64. The lowest BCUT2D eigenvalue weighted by atomic mass is 10.0. The van der Waals surface area contributed by atoms with Gasteiger partial charge in [-0.2, -0.15) is 0 Å². The van der Waals surface area contributed by atoms with Gasteiger partial charge in [-0.05, 0) is 24.8 Å². The average Bonchev–Trinajstić information content (AvgIpc) is 2.59. The lowest BCUT2D eigenvalue weighted by Crippen LogP contribution is -2.21. The molecule has 1 aromatic rings. The molecule has 1 fully saturated rings. The molecule has 88 valence electrons. The molecule has 0 spiro atoms. The van der Waals surface area contributed by atoms with Crippen molar-refractivity contribution in [2.45, 2.75) is 26.9 Å². The molecule has 1 heterocycles.